The Balaban J connectivity index is 2.16. The minimum atomic E-state index is 0.202. The quantitative estimate of drug-likeness (QED) is 0.692. The highest BCUT2D eigenvalue weighted by Crippen LogP contribution is 1.88. The van der Waals surface area contributed by atoms with Gasteiger partial charge in [0.1, 0.15) is 6.33 Å². The number of methoxy groups -OCH3 is 1. The van der Waals surface area contributed by atoms with Crippen LogP contribution in [0.4, 0.5) is 0 Å². The second kappa shape index (κ2) is 7.18. The summed E-state index contributed by atoms with van der Waals surface area (Å²) < 4.78 is 6.70. The molecule has 0 saturated carbocycles. The average Bonchev–Trinajstić information content (AvgIpc) is 2.64. The molecule has 1 heterocycles. The van der Waals surface area contributed by atoms with Gasteiger partial charge in [-0.2, -0.15) is 5.10 Å². The van der Waals surface area contributed by atoms with E-state index in [1.807, 2.05) is 14.0 Å². The minimum Gasteiger partial charge on any atom is -0.383 e. The molecule has 0 aliphatic carbocycles. The number of ether oxygens (including phenoxy) is 1. The van der Waals surface area contributed by atoms with Gasteiger partial charge in [-0.15, -0.1) is 0 Å². The molecular weight excluding hydrogens is 238 g/mol. The van der Waals surface area contributed by atoms with Crippen molar-refractivity contribution in [2.45, 2.75) is 19.4 Å². The molecule has 2 N–H and O–H groups in total. The summed E-state index contributed by atoms with van der Waals surface area (Å²) in [5.41, 5.74) is 0. The Hall–Kier alpha value is -1.21. The van der Waals surface area contributed by atoms with E-state index in [4.69, 9.17) is 17.0 Å². The Morgan fingerprint density at radius 1 is 1.65 bits per heavy atom. The first-order chi connectivity index (χ1) is 8.11. The Kier molecular flexibility index (Phi) is 5.85. The number of thiocarbonyl (C=S) groups is 1. The van der Waals surface area contributed by atoms with Crippen LogP contribution in [-0.2, 0) is 18.2 Å². The van der Waals surface area contributed by atoms with E-state index in [1.165, 1.54) is 0 Å². The number of nitrogens with one attached hydrogen (secondary N) is 2. The Bertz CT molecular complexity index is 354. The molecule has 0 fully saturated rings. The molecule has 0 bridgehead atoms. The molecule has 1 rings (SSSR count). The van der Waals surface area contributed by atoms with Gasteiger partial charge in [0.25, 0.3) is 0 Å². The number of aryl methyl sites for hydroxylation is 1. The van der Waals surface area contributed by atoms with Crippen LogP contribution in [0.3, 0.4) is 0 Å². The van der Waals surface area contributed by atoms with Gasteiger partial charge in [0.15, 0.2) is 10.9 Å². The van der Waals surface area contributed by atoms with E-state index in [9.17, 15) is 0 Å². The van der Waals surface area contributed by atoms with Crippen molar-refractivity contribution in [2.24, 2.45) is 7.05 Å². The molecule has 0 spiro atoms. The van der Waals surface area contributed by atoms with Crippen molar-refractivity contribution in [1.29, 1.82) is 0 Å². The van der Waals surface area contributed by atoms with Crippen molar-refractivity contribution >= 4 is 17.3 Å². The molecule has 17 heavy (non-hydrogen) atoms. The monoisotopic (exact) mass is 257 g/mol. The molecular formula is C10H19N5OS. The SMILES string of the molecule is COCC(C)NC(=S)NCCc1ncn(C)n1. The first kappa shape index (κ1) is 13.9. The zero-order valence-electron chi connectivity index (χ0n) is 10.4. The molecule has 1 atom stereocenters. The molecule has 0 amide bonds. The van der Waals surface area contributed by atoms with Crippen LogP contribution in [0, 0.1) is 0 Å². The lowest BCUT2D eigenvalue weighted by Crippen LogP contribution is -2.43. The van der Waals surface area contributed by atoms with Crippen molar-refractivity contribution < 1.29 is 4.74 Å². The number of hydrogen-bond acceptors (Lipinski definition) is 4. The molecule has 1 aromatic rings. The molecule has 0 aromatic carbocycles. The van der Waals surface area contributed by atoms with Gasteiger partial charge in [0.2, 0.25) is 0 Å². The molecule has 0 saturated heterocycles. The largest absolute Gasteiger partial charge is 0.383 e. The molecule has 1 aromatic heterocycles. The molecule has 7 heteroatoms. The van der Waals surface area contributed by atoms with Crippen molar-refractivity contribution in [3.8, 4) is 0 Å². The number of rotatable bonds is 6. The fraction of sp³-hybridized carbons (Fsp3) is 0.700. The predicted molar refractivity (Wildman–Crippen MR) is 69.8 cm³/mol. The lowest BCUT2D eigenvalue weighted by Gasteiger charge is -2.15. The van der Waals surface area contributed by atoms with Gasteiger partial charge in [-0.1, -0.05) is 0 Å². The van der Waals surface area contributed by atoms with E-state index in [1.54, 1.807) is 18.1 Å². The summed E-state index contributed by atoms with van der Waals surface area (Å²) in [7, 11) is 3.52. The number of nitrogens with zero attached hydrogens (tertiary/aromatic N) is 3. The molecule has 1 unspecified atom stereocenters. The number of hydrogen-bond donors (Lipinski definition) is 2. The fourth-order valence-electron chi connectivity index (χ4n) is 1.35. The van der Waals surface area contributed by atoms with Crippen molar-refractivity contribution in [1.82, 2.24) is 25.4 Å². The predicted octanol–water partition coefficient (Wildman–Crippen LogP) is -0.143. The zero-order chi connectivity index (χ0) is 12.7. The lowest BCUT2D eigenvalue weighted by molar-refractivity contribution is 0.179. The summed E-state index contributed by atoms with van der Waals surface area (Å²) in [6.45, 7) is 3.36. The lowest BCUT2D eigenvalue weighted by atomic mass is 10.4. The zero-order valence-corrected chi connectivity index (χ0v) is 11.3. The second-order valence-corrected chi connectivity index (χ2v) is 4.25. The second-order valence-electron chi connectivity index (χ2n) is 3.84. The Morgan fingerprint density at radius 2 is 2.41 bits per heavy atom. The maximum Gasteiger partial charge on any atom is 0.166 e. The Morgan fingerprint density at radius 3 is 3.00 bits per heavy atom. The molecule has 0 aliphatic heterocycles. The van der Waals surface area contributed by atoms with Crippen LogP contribution in [0.1, 0.15) is 12.7 Å². The molecule has 6 nitrogen and oxygen atoms in total. The van der Waals surface area contributed by atoms with Crippen LogP contribution in [0.25, 0.3) is 0 Å². The fourth-order valence-corrected chi connectivity index (χ4v) is 1.66. The number of aromatic nitrogens is 3. The van der Waals surface area contributed by atoms with Gasteiger partial charge < -0.3 is 15.4 Å². The van der Waals surface area contributed by atoms with Crippen molar-refractivity contribution in [3.63, 3.8) is 0 Å². The van der Waals surface area contributed by atoms with Gasteiger partial charge in [0, 0.05) is 33.2 Å². The molecule has 0 aliphatic rings. The molecule has 0 radical (unpaired) electrons. The Labute approximate surface area is 107 Å². The van der Waals surface area contributed by atoms with E-state index in [2.05, 4.69) is 20.7 Å². The topological polar surface area (TPSA) is 64.0 Å². The first-order valence-electron chi connectivity index (χ1n) is 5.49. The van der Waals surface area contributed by atoms with E-state index in [-0.39, 0.29) is 6.04 Å². The smallest absolute Gasteiger partial charge is 0.166 e. The van der Waals surface area contributed by atoms with Crippen LogP contribution < -0.4 is 10.6 Å². The maximum absolute atomic E-state index is 5.14. The normalized spacial score (nSPS) is 12.2. The molecule has 96 valence electrons. The minimum absolute atomic E-state index is 0.202. The highest BCUT2D eigenvalue weighted by Gasteiger charge is 2.03. The van der Waals surface area contributed by atoms with E-state index >= 15 is 0 Å². The third-order valence-electron chi connectivity index (χ3n) is 2.08. The summed E-state index contributed by atoms with van der Waals surface area (Å²) in [6, 6.07) is 0.202. The van der Waals surface area contributed by atoms with Crippen LogP contribution in [0.15, 0.2) is 6.33 Å². The third-order valence-corrected chi connectivity index (χ3v) is 2.34. The van der Waals surface area contributed by atoms with Crippen LogP contribution in [0.2, 0.25) is 0 Å². The van der Waals surface area contributed by atoms with Crippen LogP contribution >= 0.6 is 12.2 Å². The summed E-state index contributed by atoms with van der Waals surface area (Å²) in [5, 5.41) is 11.0. The van der Waals surface area contributed by atoms with E-state index in [0.29, 0.717) is 11.7 Å². The van der Waals surface area contributed by atoms with Crippen LogP contribution in [0.5, 0.6) is 0 Å². The van der Waals surface area contributed by atoms with Crippen molar-refractivity contribution in [3.05, 3.63) is 12.2 Å². The summed E-state index contributed by atoms with van der Waals surface area (Å²) in [5.74, 6) is 0.813. The standard InChI is InChI=1S/C10H19N5OS/c1-8(6-16-3)13-10(17)11-5-4-9-12-7-15(2)14-9/h7-8H,4-6H2,1-3H3,(H2,11,13,17). The van der Waals surface area contributed by atoms with Crippen molar-refractivity contribution in [2.75, 3.05) is 20.3 Å². The third kappa shape index (κ3) is 5.60. The van der Waals surface area contributed by atoms with Gasteiger partial charge >= 0.3 is 0 Å². The van der Waals surface area contributed by atoms with Gasteiger partial charge in [-0.05, 0) is 19.1 Å². The van der Waals surface area contributed by atoms with E-state index in [0.717, 1.165) is 18.8 Å². The summed E-state index contributed by atoms with van der Waals surface area (Å²) >= 11 is 5.14. The average molecular weight is 257 g/mol. The summed E-state index contributed by atoms with van der Waals surface area (Å²) in [6.07, 6.45) is 2.44. The highest BCUT2D eigenvalue weighted by atomic mass is 32.1. The van der Waals surface area contributed by atoms with Gasteiger partial charge in [0.05, 0.1) is 6.61 Å². The van der Waals surface area contributed by atoms with Gasteiger partial charge in [-0.3, -0.25) is 4.68 Å². The maximum atomic E-state index is 5.14. The highest BCUT2D eigenvalue weighted by molar-refractivity contribution is 7.80. The first-order valence-corrected chi connectivity index (χ1v) is 5.90. The van der Waals surface area contributed by atoms with E-state index < -0.39 is 0 Å². The summed E-state index contributed by atoms with van der Waals surface area (Å²) in [4.78, 5) is 4.13. The van der Waals surface area contributed by atoms with Crippen LogP contribution in [-0.4, -0.2) is 46.2 Å². The van der Waals surface area contributed by atoms with Gasteiger partial charge in [-0.25, -0.2) is 4.98 Å².